The number of carboxylic acids is 1. The molecular weight excluding hydrogens is 409 g/mol. The van der Waals surface area contributed by atoms with Crippen LogP contribution in [-0.2, 0) is 6.54 Å². The topological polar surface area (TPSA) is 74.6 Å². The number of aromatic carboxylic acids is 1. The number of anilines is 1. The highest BCUT2D eigenvalue weighted by molar-refractivity contribution is 5.93. The smallest absolute Gasteiger partial charge is 0.341 e. The van der Waals surface area contributed by atoms with E-state index in [9.17, 15) is 14.7 Å². The molecule has 6 nitrogen and oxygen atoms in total. The predicted octanol–water partition coefficient (Wildman–Crippen LogP) is 3.89. The molecule has 2 heterocycles. The maximum absolute atomic E-state index is 15.2. The third kappa shape index (κ3) is 3.66. The number of halogens is 1. The van der Waals surface area contributed by atoms with Gasteiger partial charge in [0.15, 0.2) is 0 Å². The van der Waals surface area contributed by atoms with Crippen molar-refractivity contribution in [2.24, 2.45) is 0 Å². The summed E-state index contributed by atoms with van der Waals surface area (Å²) in [5, 5.41) is 12.7. The Kier molecular flexibility index (Phi) is 5.21. The average Bonchev–Trinajstić information content (AvgIpc) is 3.50. The molecule has 0 spiro atoms. The van der Waals surface area contributed by atoms with Gasteiger partial charge in [0.25, 0.3) is 0 Å². The Morgan fingerprint density at radius 3 is 2.75 bits per heavy atom. The zero-order chi connectivity index (χ0) is 22.4. The van der Waals surface area contributed by atoms with Gasteiger partial charge in [-0.2, -0.15) is 0 Å². The van der Waals surface area contributed by atoms with Gasteiger partial charge in [-0.15, -0.1) is 0 Å². The second kappa shape index (κ2) is 8.06. The van der Waals surface area contributed by atoms with E-state index in [1.165, 1.54) is 23.4 Å². The van der Waals surface area contributed by atoms with E-state index >= 15 is 4.39 Å². The number of carboxylic acid groups (broad SMARTS) is 1. The molecule has 3 aromatic rings. The van der Waals surface area contributed by atoms with Gasteiger partial charge in [0.2, 0.25) is 5.43 Å². The average molecular weight is 435 g/mol. The van der Waals surface area contributed by atoms with Crippen LogP contribution in [-0.4, -0.2) is 35.8 Å². The fraction of sp³-hybridized carbons (Fsp3) is 0.360. The zero-order valence-electron chi connectivity index (χ0n) is 18.0. The van der Waals surface area contributed by atoms with Crippen molar-refractivity contribution in [3.05, 3.63) is 75.3 Å². The molecule has 1 aromatic heterocycles. The standard InChI is InChI=1S/C25H26FN3O3/c1-27-12-15-3-2-4-16(9-15)17-7-8-28(13-17)23-11-22-19(10-21(23)26)24(30)20(25(31)32)14-29(22)18-5-6-18/h2-4,9-11,14,17-18,27H,5-8,12-13H2,1H3,(H,31,32). The summed E-state index contributed by atoms with van der Waals surface area (Å²) >= 11 is 0. The van der Waals surface area contributed by atoms with Crippen molar-refractivity contribution >= 4 is 22.6 Å². The van der Waals surface area contributed by atoms with E-state index in [1.54, 1.807) is 6.07 Å². The van der Waals surface area contributed by atoms with Gasteiger partial charge in [-0.05, 0) is 49.6 Å². The van der Waals surface area contributed by atoms with Gasteiger partial charge in [-0.1, -0.05) is 24.3 Å². The summed E-state index contributed by atoms with van der Waals surface area (Å²) in [4.78, 5) is 26.3. The number of nitrogens with zero attached hydrogens (tertiary/aromatic N) is 2. The van der Waals surface area contributed by atoms with Crippen LogP contribution in [0.25, 0.3) is 10.9 Å². The molecule has 0 radical (unpaired) electrons. The Labute approximate surface area is 185 Å². The summed E-state index contributed by atoms with van der Waals surface area (Å²) in [7, 11) is 1.92. The van der Waals surface area contributed by atoms with Crippen molar-refractivity contribution in [3.8, 4) is 0 Å². The van der Waals surface area contributed by atoms with Crippen molar-refractivity contribution in [3.63, 3.8) is 0 Å². The number of hydrogen-bond donors (Lipinski definition) is 2. The van der Waals surface area contributed by atoms with Gasteiger partial charge in [0.1, 0.15) is 11.4 Å². The number of carbonyl (C=O) groups is 1. The van der Waals surface area contributed by atoms with Crippen LogP contribution in [0.1, 0.15) is 52.7 Å². The molecule has 7 heteroatoms. The van der Waals surface area contributed by atoms with E-state index < -0.39 is 17.2 Å². The van der Waals surface area contributed by atoms with E-state index in [0.717, 1.165) is 32.4 Å². The lowest BCUT2D eigenvalue weighted by Crippen LogP contribution is -2.22. The minimum atomic E-state index is -1.28. The van der Waals surface area contributed by atoms with E-state index in [-0.39, 0.29) is 17.0 Å². The Morgan fingerprint density at radius 2 is 2.03 bits per heavy atom. The number of pyridine rings is 1. The molecule has 2 fully saturated rings. The minimum absolute atomic E-state index is 0.133. The number of hydrogen-bond acceptors (Lipinski definition) is 4. The largest absolute Gasteiger partial charge is 0.477 e. The Balaban J connectivity index is 1.51. The lowest BCUT2D eigenvalue weighted by Gasteiger charge is -2.21. The molecule has 1 aliphatic carbocycles. The van der Waals surface area contributed by atoms with Crippen LogP contribution in [0.2, 0.25) is 0 Å². The van der Waals surface area contributed by atoms with Crippen LogP contribution in [0.5, 0.6) is 0 Å². The first-order valence-electron chi connectivity index (χ1n) is 11.1. The van der Waals surface area contributed by atoms with Gasteiger partial charge in [-0.3, -0.25) is 4.79 Å². The zero-order valence-corrected chi connectivity index (χ0v) is 18.0. The monoisotopic (exact) mass is 435 g/mol. The van der Waals surface area contributed by atoms with Crippen LogP contribution in [0.4, 0.5) is 10.1 Å². The van der Waals surface area contributed by atoms with Gasteiger partial charge in [0.05, 0.1) is 11.2 Å². The number of rotatable bonds is 6. The quantitative estimate of drug-likeness (QED) is 0.615. The van der Waals surface area contributed by atoms with Gasteiger partial charge in [-0.25, -0.2) is 9.18 Å². The lowest BCUT2D eigenvalue weighted by atomic mass is 9.96. The van der Waals surface area contributed by atoms with Crippen LogP contribution in [0.15, 0.2) is 47.4 Å². The second-order valence-corrected chi connectivity index (χ2v) is 8.84. The molecule has 1 unspecified atom stereocenters. The molecule has 1 aliphatic heterocycles. The normalized spacial score (nSPS) is 18.4. The molecule has 0 amide bonds. The van der Waals surface area contributed by atoms with Crippen molar-refractivity contribution in [2.75, 3.05) is 25.0 Å². The van der Waals surface area contributed by atoms with Crippen molar-refractivity contribution < 1.29 is 14.3 Å². The highest BCUT2D eigenvalue weighted by Gasteiger charge is 2.30. The molecule has 0 bridgehead atoms. The van der Waals surface area contributed by atoms with Gasteiger partial charge < -0.3 is 19.9 Å². The molecule has 2 aliphatic rings. The molecule has 166 valence electrons. The third-order valence-electron chi connectivity index (χ3n) is 6.60. The van der Waals surface area contributed by atoms with Gasteiger partial charge >= 0.3 is 5.97 Å². The van der Waals surface area contributed by atoms with E-state index in [1.807, 2.05) is 16.5 Å². The van der Waals surface area contributed by atoms with Crippen LogP contribution in [0, 0.1) is 5.82 Å². The highest BCUT2D eigenvalue weighted by Crippen LogP contribution is 2.39. The molecule has 5 rings (SSSR count). The first-order chi connectivity index (χ1) is 15.5. The van der Waals surface area contributed by atoms with Crippen molar-refractivity contribution in [1.82, 2.24) is 9.88 Å². The maximum atomic E-state index is 15.2. The van der Waals surface area contributed by atoms with Crippen LogP contribution in [0.3, 0.4) is 0 Å². The first kappa shape index (κ1) is 20.7. The molecule has 2 aromatic carbocycles. The summed E-state index contributed by atoms with van der Waals surface area (Å²) in [5.41, 5.74) is 2.63. The number of aromatic nitrogens is 1. The lowest BCUT2D eigenvalue weighted by molar-refractivity contribution is 0.0695. The number of nitrogens with one attached hydrogen (secondary N) is 1. The van der Waals surface area contributed by atoms with Gasteiger partial charge in [0, 0.05) is 43.2 Å². The summed E-state index contributed by atoms with van der Waals surface area (Å²) in [6.07, 6.45) is 4.21. The van der Waals surface area contributed by atoms with Crippen LogP contribution >= 0.6 is 0 Å². The van der Waals surface area contributed by atoms with Crippen LogP contribution < -0.4 is 15.6 Å². The van der Waals surface area contributed by atoms with Crippen molar-refractivity contribution in [2.45, 2.75) is 37.8 Å². The second-order valence-electron chi connectivity index (χ2n) is 8.84. The molecule has 1 saturated carbocycles. The molecule has 1 saturated heterocycles. The number of fused-ring (bicyclic) bond motifs is 1. The summed E-state index contributed by atoms with van der Waals surface area (Å²) in [6.45, 7) is 2.23. The Morgan fingerprint density at radius 1 is 1.22 bits per heavy atom. The first-order valence-corrected chi connectivity index (χ1v) is 11.1. The molecule has 32 heavy (non-hydrogen) atoms. The van der Waals surface area contributed by atoms with Crippen molar-refractivity contribution in [1.29, 1.82) is 0 Å². The maximum Gasteiger partial charge on any atom is 0.341 e. The Hall–Kier alpha value is -3.19. The fourth-order valence-electron chi connectivity index (χ4n) is 4.82. The Bertz CT molecular complexity index is 1270. The summed E-state index contributed by atoms with van der Waals surface area (Å²) in [6, 6.07) is 11.6. The fourth-order valence-corrected chi connectivity index (χ4v) is 4.82. The van der Waals surface area contributed by atoms with E-state index in [2.05, 4.69) is 29.6 Å². The van der Waals surface area contributed by atoms with E-state index in [0.29, 0.717) is 23.7 Å². The molecule has 2 N–H and O–H groups in total. The summed E-state index contributed by atoms with van der Waals surface area (Å²) < 4.78 is 17.0. The molecule has 1 atom stereocenters. The minimum Gasteiger partial charge on any atom is -0.477 e. The number of benzene rings is 2. The third-order valence-corrected chi connectivity index (χ3v) is 6.60. The highest BCUT2D eigenvalue weighted by atomic mass is 19.1. The molecular formula is C25H26FN3O3. The predicted molar refractivity (Wildman–Crippen MR) is 122 cm³/mol. The van der Waals surface area contributed by atoms with E-state index in [4.69, 9.17) is 0 Å². The SMILES string of the molecule is CNCc1cccc(C2CCN(c3cc4c(cc3F)c(=O)c(C(=O)O)cn4C3CC3)C2)c1. The summed E-state index contributed by atoms with van der Waals surface area (Å²) in [5.74, 6) is -1.45.